The maximum atomic E-state index is 13.1. The van der Waals surface area contributed by atoms with Crippen LogP contribution in [0.5, 0.6) is 11.5 Å². The van der Waals surface area contributed by atoms with Crippen molar-refractivity contribution in [2.24, 2.45) is 0 Å². The van der Waals surface area contributed by atoms with E-state index in [2.05, 4.69) is 5.32 Å². The van der Waals surface area contributed by atoms with E-state index in [1.54, 1.807) is 30.3 Å². The summed E-state index contributed by atoms with van der Waals surface area (Å²) >= 11 is 7.03. The van der Waals surface area contributed by atoms with Gasteiger partial charge in [-0.15, -0.1) is 0 Å². The highest BCUT2D eigenvalue weighted by Crippen LogP contribution is 2.35. The molecule has 9 heteroatoms. The van der Waals surface area contributed by atoms with Crippen molar-refractivity contribution >= 4 is 63.0 Å². The molecule has 0 aromatic heterocycles. The minimum atomic E-state index is -0.431. The minimum Gasteiger partial charge on any atom is -0.491 e. The molecule has 0 aliphatic carbocycles. The van der Waals surface area contributed by atoms with E-state index >= 15 is 0 Å². The summed E-state index contributed by atoms with van der Waals surface area (Å²) in [6, 6.07) is 25.9. The number of imide groups is 1. The second-order valence-electron chi connectivity index (χ2n) is 9.05. The Morgan fingerprint density at radius 1 is 0.950 bits per heavy atom. The predicted molar refractivity (Wildman–Crippen MR) is 159 cm³/mol. The number of hydrogen-bond acceptors (Lipinski definition) is 6. The Morgan fingerprint density at radius 2 is 1.75 bits per heavy atom. The third-order valence-corrected chi connectivity index (χ3v) is 7.26. The van der Waals surface area contributed by atoms with Crippen LogP contribution in [0.3, 0.4) is 0 Å². The number of carbonyl (C=O) groups is 3. The molecule has 40 heavy (non-hydrogen) atoms. The van der Waals surface area contributed by atoms with Gasteiger partial charge in [0.15, 0.2) is 6.61 Å². The topological polar surface area (TPSA) is 84.9 Å². The van der Waals surface area contributed by atoms with Crippen molar-refractivity contribution in [2.75, 3.05) is 25.1 Å². The van der Waals surface area contributed by atoms with E-state index < -0.39 is 5.91 Å². The van der Waals surface area contributed by atoms with Gasteiger partial charge in [0, 0.05) is 21.7 Å². The van der Waals surface area contributed by atoms with Crippen molar-refractivity contribution in [1.29, 1.82) is 0 Å². The maximum absolute atomic E-state index is 13.1. The molecule has 0 unspecified atom stereocenters. The van der Waals surface area contributed by atoms with Gasteiger partial charge in [0.25, 0.3) is 17.1 Å². The van der Waals surface area contributed by atoms with Crippen LogP contribution in [-0.2, 0) is 9.59 Å². The van der Waals surface area contributed by atoms with Gasteiger partial charge in [-0.25, -0.2) is 0 Å². The average Bonchev–Trinajstić information content (AvgIpc) is 3.20. The van der Waals surface area contributed by atoms with E-state index in [0.29, 0.717) is 27.8 Å². The normalized spacial score (nSPS) is 14.2. The van der Waals surface area contributed by atoms with Gasteiger partial charge in [0.05, 0.1) is 11.4 Å². The third-order valence-electron chi connectivity index (χ3n) is 6.11. The Bertz CT molecular complexity index is 1630. The highest BCUT2D eigenvalue weighted by molar-refractivity contribution is 8.18. The smallest absolute Gasteiger partial charge is 0.293 e. The standard InChI is InChI=1S/C31H25ClN2O5S/c1-20-6-4-9-24(16-20)33-29(35)19-39-26-13-12-23(32)17-22(26)18-28-30(36)34(31(37)40-28)14-15-38-27-11-5-8-21-7-2-3-10-25(21)27/h2-13,16-18H,14-15,19H2,1H3,(H,33,35)/b28-18-. The van der Waals surface area contributed by atoms with Crippen LogP contribution in [0, 0.1) is 6.92 Å². The van der Waals surface area contributed by atoms with Gasteiger partial charge in [0.1, 0.15) is 18.1 Å². The van der Waals surface area contributed by atoms with E-state index in [0.717, 1.165) is 33.0 Å². The number of aryl methyl sites for hydroxylation is 1. The highest BCUT2D eigenvalue weighted by Gasteiger charge is 2.35. The first-order valence-corrected chi connectivity index (χ1v) is 13.7. The van der Waals surface area contributed by atoms with Gasteiger partial charge in [-0.2, -0.15) is 0 Å². The van der Waals surface area contributed by atoms with Crippen LogP contribution in [0.1, 0.15) is 11.1 Å². The van der Waals surface area contributed by atoms with Gasteiger partial charge in [-0.3, -0.25) is 19.3 Å². The lowest BCUT2D eigenvalue weighted by Gasteiger charge is -2.14. The molecule has 1 saturated heterocycles. The third kappa shape index (κ3) is 6.47. The quantitative estimate of drug-likeness (QED) is 0.219. The van der Waals surface area contributed by atoms with Gasteiger partial charge >= 0.3 is 0 Å². The van der Waals surface area contributed by atoms with Crippen LogP contribution >= 0.6 is 23.4 Å². The van der Waals surface area contributed by atoms with Crippen LogP contribution in [0.2, 0.25) is 5.02 Å². The van der Waals surface area contributed by atoms with Gasteiger partial charge in [-0.1, -0.05) is 60.1 Å². The minimum absolute atomic E-state index is 0.100. The first-order valence-electron chi connectivity index (χ1n) is 12.5. The second-order valence-corrected chi connectivity index (χ2v) is 10.5. The lowest BCUT2D eigenvalue weighted by Crippen LogP contribution is -2.32. The first-order chi connectivity index (χ1) is 19.4. The number of rotatable bonds is 9. The number of ether oxygens (including phenoxy) is 2. The van der Waals surface area contributed by atoms with Crippen molar-refractivity contribution in [3.63, 3.8) is 0 Å². The molecule has 4 aromatic rings. The molecule has 1 fully saturated rings. The van der Waals surface area contributed by atoms with Crippen LogP contribution < -0.4 is 14.8 Å². The summed E-state index contributed by atoms with van der Waals surface area (Å²) in [4.78, 5) is 39.6. The Labute approximate surface area is 240 Å². The fraction of sp³-hybridized carbons (Fsp3) is 0.129. The predicted octanol–water partition coefficient (Wildman–Crippen LogP) is 6.93. The average molecular weight is 573 g/mol. The molecule has 0 atom stereocenters. The molecule has 1 heterocycles. The summed E-state index contributed by atoms with van der Waals surface area (Å²) < 4.78 is 11.7. The second kappa shape index (κ2) is 12.3. The summed E-state index contributed by atoms with van der Waals surface area (Å²) in [6.07, 6.45) is 1.55. The van der Waals surface area contributed by atoms with Crippen molar-refractivity contribution in [2.45, 2.75) is 6.92 Å². The van der Waals surface area contributed by atoms with E-state index in [1.807, 2.05) is 67.6 Å². The number of nitrogens with zero attached hydrogens (tertiary/aromatic N) is 1. The maximum Gasteiger partial charge on any atom is 0.293 e. The first kappa shape index (κ1) is 27.3. The number of thioether (sulfide) groups is 1. The zero-order valence-electron chi connectivity index (χ0n) is 21.6. The number of benzene rings is 4. The van der Waals surface area contributed by atoms with Gasteiger partial charge < -0.3 is 14.8 Å². The molecular formula is C31H25ClN2O5S. The summed E-state index contributed by atoms with van der Waals surface area (Å²) in [5.74, 6) is 0.278. The number of halogens is 1. The Morgan fingerprint density at radius 3 is 2.60 bits per heavy atom. The number of nitrogens with one attached hydrogen (secondary N) is 1. The molecule has 1 aliphatic heterocycles. The lowest BCUT2D eigenvalue weighted by atomic mass is 10.1. The zero-order chi connectivity index (χ0) is 28.1. The summed E-state index contributed by atoms with van der Waals surface area (Å²) in [5.41, 5.74) is 2.17. The monoisotopic (exact) mass is 572 g/mol. The number of amides is 3. The van der Waals surface area contributed by atoms with Crippen molar-refractivity contribution in [3.8, 4) is 11.5 Å². The Hall–Kier alpha value is -4.27. The number of carbonyl (C=O) groups excluding carboxylic acids is 3. The van der Waals surface area contributed by atoms with Crippen LogP contribution in [0.15, 0.2) is 89.8 Å². The molecule has 0 saturated carbocycles. The van der Waals surface area contributed by atoms with E-state index in [4.69, 9.17) is 21.1 Å². The molecule has 3 amide bonds. The van der Waals surface area contributed by atoms with Crippen molar-refractivity contribution in [3.05, 3.63) is 106 Å². The van der Waals surface area contributed by atoms with Crippen LogP contribution in [0.25, 0.3) is 16.8 Å². The van der Waals surface area contributed by atoms with Crippen LogP contribution in [-0.4, -0.2) is 41.7 Å². The molecule has 5 rings (SSSR count). The van der Waals surface area contributed by atoms with Crippen LogP contribution in [0.4, 0.5) is 10.5 Å². The highest BCUT2D eigenvalue weighted by atomic mass is 35.5. The molecule has 0 bridgehead atoms. The Balaban J connectivity index is 1.24. The largest absolute Gasteiger partial charge is 0.491 e. The van der Waals surface area contributed by atoms with E-state index in [9.17, 15) is 14.4 Å². The van der Waals surface area contributed by atoms with Gasteiger partial charge in [0.2, 0.25) is 0 Å². The molecule has 0 radical (unpaired) electrons. The number of anilines is 1. The molecule has 1 N–H and O–H groups in total. The fourth-order valence-electron chi connectivity index (χ4n) is 4.23. The molecule has 4 aromatic carbocycles. The fourth-order valence-corrected chi connectivity index (χ4v) is 5.27. The molecule has 1 aliphatic rings. The van der Waals surface area contributed by atoms with Crippen molar-refractivity contribution < 1.29 is 23.9 Å². The van der Waals surface area contributed by atoms with Crippen molar-refractivity contribution in [1.82, 2.24) is 4.90 Å². The van der Waals surface area contributed by atoms with E-state index in [-0.39, 0.29) is 35.8 Å². The molecule has 0 spiro atoms. The molecular weight excluding hydrogens is 548 g/mol. The molecule has 202 valence electrons. The van der Waals surface area contributed by atoms with Gasteiger partial charge in [-0.05, 0) is 72.1 Å². The Kier molecular flexibility index (Phi) is 8.38. The number of fused-ring (bicyclic) bond motifs is 1. The SMILES string of the molecule is Cc1cccc(NC(=O)COc2ccc(Cl)cc2/C=C2\SC(=O)N(CCOc3cccc4ccccc34)C2=O)c1. The molecule has 7 nitrogen and oxygen atoms in total. The summed E-state index contributed by atoms with van der Waals surface area (Å²) in [7, 11) is 0. The number of hydrogen-bond donors (Lipinski definition) is 1. The van der Waals surface area contributed by atoms with E-state index in [1.165, 1.54) is 0 Å². The zero-order valence-corrected chi connectivity index (χ0v) is 23.1. The lowest BCUT2D eigenvalue weighted by molar-refractivity contribution is -0.123. The summed E-state index contributed by atoms with van der Waals surface area (Å²) in [5, 5.41) is 4.82. The summed E-state index contributed by atoms with van der Waals surface area (Å²) in [6.45, 7) is 1.94.